The molecule has 1 aromatic rings. The molecule has 0 saturated carbocycles. The van der Waals surface area contributed by atoms with Crippen molar-refractivity contribution in [3.63, 3.8) is 0 Å². The molecule has 0 atom stereocenters. The van der Waals surface area contributed by atoms with Crippen molar-refractivity contribution < 1.29 is 8.42 Å². The van der Waals surface area contributed by atoms with E-state index in [0.717, 1.165) is 12.0 Å². The fourth-order valence-corrected chi connectivity index (χ4v) is 2.48. The van der Waals surface area contributed by atoms with E-state index in [0.29, 0.717) is 6.54 Å². The minimum Gasteiger partial charge on any atom is -0.212 e. The van der Waals surface area contributed by atoms with Crippen molar-refractivity contribution in [2.45, 2.75) is 25.5 Å². The lowest BCUT2D eigenvalue weighted by Crippen LogP contribution is -2.34. The maximum absolute atomic E-state index is 11.8. The van der Waals surface area contributed by atoms with Crippen LogP contribution in [0.5, 0.6) is 0 Å². The third-order valence-corrected chi connectivity index (χ3v) is 4.83. The normalized spacial score (nSPS) is 12.3. The molecule has 0 aliphatic carbocycles. The molecule has 0 aliphatic heterocycles. The van der Waals surface area contributed by atoms with Gasteiger partial charge in [0, 0.05) is 13.6 Å². The van der Waals surface area contributed by atoms with E-state index in [1.54, 1.807) is 20.9 Å². The van der Waals surface area contributed by atoms with Crippen molar-refractivity contribution >= 4 is 10.0 Å². The standard InChI is InChI=1S/C12H19NO2S/c1-11(2)16(14,15)13(3)10-9-12-7-5-4-6-8-12/h4-8,11H,9-10H2,1-3H3. The SMILES string of the molecule is CC(C)S(=O)(=O)N(C)CCc1ccccc1. The van der Waals surface area contributed by atoms with Gasteiger partial charge in [0.1, 0.15) is 0 Å². The Morgan fingerprint density at radius 1 is 1.19 bits per heavy atom. The number of sulfonamides is 1. The fourth-order valence-electron chi connectivity index (χ4n) is 1.42. The molecule has 0 saturated heterocycles. The van der Waals surface area contributed by atoms with E-state index in [4.69, 9.17) is 0 Å². The quantitative estimate of drug-likeness (QED) is 0.789. The molecule has 0 N–H and O–H groups in total. The summed E-state index contributed by atoms with van der Waals surface area (Å²) in [6.07, 6.45) is 0.753. The van der Waals surface area contributed by atoms with Crippen LogP contribution in [0.3, 0.4) is 0 Å². The first kappa shape index (κ1) is 13.2. The second kappa shape index (κ2) is 5.46. The Morgan fingerprint density at radius 2 is 1.75 bits per heavy atom. The highest BCUT2D eigenvalue weighted by atomic mass is 32.2. The number of hydrogen-bond acceptors (Lipinski definition) is 2. The molecule has 0 radical (unpaired) electrons. The molecule has 1 rings (SSSR count). The van der Waals surface area contributed by atoms with Gasteiger partial charge in [0.05, 0.1) is 5.25 Å². The lowest BCUT2D eigenvalue weighted by atomic mass is 10.2. The molecular weight excluding hydrogens is 222 g/mol. The van der Waals surface area contributed by atoms with Crippen LogP contribution < -0.4 is 0 Å². The highest BCUT2D eigenvalue weighted by Crippen LogP contribution is 2.08. The van der Waals surface area contributed by atoms with E-state index < -0.39 is 10.0 Å². The number of benzene rings is 1. The molecule has 0 spiro atoms. The number of hydrogen-bond donors (Lipinski definition) is 0. The van der Waals surface area contributed by atoms with Gasteiger partial charge in [-0.2, -0.15) is 0 Å². The van der Waals surface area contributed by atoms with E-state index in [2.05, 4.69) is 0 Å². The van der Waals surface area contributed by atoms with Crippen LogP contribution in [-0.2, 0) is 16.4 Å². The van der Waals surface area contributed by atoms with E-state index in [-0.39, 0.29) is 5.25 Å². The summed E-state index contributed by atoms with van der Waals surface area (Å²) >= 11 is 0. The van der Waals surface area contributed by atoms with Crippen LogP contribution in [0.25, 0.3) is 0 Å². The molecule has 16 heavy (non-hydrogen) atoms. The largest absolute Gasteiger partial charge is 0.216 e. The van der Waals surface area contributed by atoms with Crippen LogP contribution in [0, 0.1) is 0 Å². The Kier molecular flexibility index (Phi) is 4.50. The highest BCUT2D eigenvalue weighted by Gasteiger charge is 2.21. The van der Waals surface area contributed by atoms with Crippen LogP contribution in [0.4, 0.5) is 0 Å². The molecule has 3 nitrogen and oxygen atoms in total. The topological polar surface area (TPSA) is 37.4 Å². The summed E-state index contributed by atoms with van der Waals surface area (Å²) < 4.78 is 25.0. The summed E-state index contributed by atoms with van der Waals surface area (Å²) in [7, 11) is -1.48. The zero-order valence-electron chi connectivity index (χ0n) is 10.1. The summed E-state index contributed by atoms with van der Waals surface area (Å²) in [5.74, 6) is 0. The van der Waals surface area contributed by atoms with Gasteiger partial charge in [-0.15, -0.1) is 0 Å². The average Bonchev–Trinajstić information content (AvgIpc) is 2.27. The van der Waals surface area contributed by atoms with Gasteiger partial charge in [0.2, 0.25) is 10.0 Å². The Labute approximate surface area is 98.1 Å². The van der Waals surface area contributed by atoms with Crippen molar-refractivity contribution in [3.8, 4) is 0 Å². The van der Waals surface area contributed by atoms with E-state index in [1.807, 2.05) is 30.3 Å². The lowest BCUT2D eigenvalue weighted by molar-refractivity contribution is 0.465. The first-order chi connectivity index (χ1) is 7.44. The Morgan fingerprint density at radius 3 is 2.25 bits per heavy atom. The Balaban J connectivity index is 2.57. The molecule has 0 heterocycles. The number of likely N-dealkylation sites (N-methyl/N-ethyl adjacent to an activating group) is 1. The number of nitrogens with zero attached hydrogens (tertiary/aromatic N) is 1. The minimum atomic E-state index is -3.11. The van der Waals surface area contributed by atoms with Gasteiger partial charge in [0.25, 0.3) is 0 Å². The van der Waals surface area contributed by atoms with Crippen LogP contribution in [0.2, 0.25) is 0 Å². The molecule has 0 unspecified atom stereocenters. The molecule has 1 aromatic carbocycles. The predicted octanol–water partition coefficient (Wildman–Crippen LogP) is 1.90. The second-order valence-corrected chi connectivity index (χ2v) is 6.75. The molecular formula is C12H19NO2S. The lowest BCUT2D eigenvalue weighted by Gasteiger charge is -2.19. The summed E-state index contributed by atoms with van der Waals surface area (Å²) in [6, 6.07) is 9.91. The molecule has 4 heteroatoms. The van der Waals surface area contributed by atoms with E-state index in [1.165, 1.54) is 4.31 Å². The smallest absolute Gasteiger partial charge is 0.212 e. The molecule has 0 aromatic heterocycles. The van der Waals surface area contributed by atoms with Gasteiger partial charge >= 0.3 is 0 Å². The molecule has 0 aliphatic rings. The van der Waals surface area contributed by atoms with Gasteiger partial charge in [-0.25, -0.2) is 12.7 Å². The highest BCUT2D eigenvalue weighted by molar-refractivity contribution is 7.89. The first-order valence-electron chi connectivity index (χ1n) is 5.43. The van der Waals surface area contributed by atoms with Gasteiger partial charge in [-0.3, -0.25) is 0 Å². The van der Waals surface area contributed by atoms with Crippen molar-refractivity contribution in [3.05, 3.63) is 35.9 Å². The Hall–Kier alpha value is -0.870. The van der Waals surface area contributed by atoms with E-state index >= 15 is 0 Å². The molecule has 0 amide bonds. The van der Waals surface area contributed by atoms with Gasteiger partial charge in [-0.1, -0.05) is 30.3 Å². The third-order valence-electron chi connectivity index (χ3n) is 2.59. The van der Waals surface area contributed by atoms with Crippen molar-refractivity contribution in [2.75, 3.05) is 13.6 Å². The average molecular weight is 241 g/mol. The monoisotopic (exact) mass is 241 g/mol. The summed E-state index contributed by atoms with van der Waals surface area (Å²) in [5, 5.41) is -0.353. The first-order valence-corrected chi connectivity index (χ1v) is 6.94. The van der Waals surface area contributed by atoms with E-state index in [9.17, 15) is 8.42 Å². The predicted molar refractivity (Wildman–Crippen MR) is 66.8 cm³/mol. The molecule has 90 valence electrons. The third kappa shape index (κ3) is 3.32. The molecule has 0 bridgehead atoms. The zero-order chi connectivity index (χ0) is 12.2. The zero-order valence-corrected chi connectivity index (χ0v) is 10.9. The summed E-state index contributed by atoms with van der Waals surface area (Å²) in [5.41, 5.74) is 1.16. The Bertz CT molecular complexity index is 412. The number of rotatable bonds is 5. The molecule has 0 fully saturated rings. The van der Waals surface area contributed by atoms with Crippen LogP contribution in [-0.4, -0.2) is 31.6 Å². The van der Waals surface area contributed by atoms with Crippen LogP contribution >= 0.6 is 0 Å². The van der Waals surface area contributed by atoms with Crippen LogP contribution in [0.1, 0.15) is 19.4 Å². The fraction of sp³-hybridized carbons (Fsp3) is 0.500. The summed E-state index contributed by atoms with van der Waals surface area (Å²) in [4.78, 5) is 0. The minimum absolute atomic E-state index is 0.353. The van der Waals surface area contributed by atoms with Crippen molar-refractivity contribution in [2.24, 2.45) is 0 Å². The van der Waals surface area contributed by atoms with Crippen molar-refractivity contribution in [1.29, 1.82) is 0 Å². The van der Waals surface area contributed by atoms with Gasteiger partial charge in [0.15, 0.2) is 0 Å². The van der Waals surface area contributed by atoms with Crippen LogP contribution in [0.15, 0.2) is 30.3 Å². The van der Waals surface area contributed by atoms with Gasteiger partial charge < -0.3 is 0 Å². The summed E-state index contributed by atoms with van der Waals surface area (Å²) in [6.45, 7) is 3.94. The van der Waals surface area contributed by atoms with Crippen molar-refractivity contribution in [1.82, 2.24) is 4.31 Å². The second-order valence-electron chi connectivity index (χ2n) is 4.15. The van der Waals surface area contributed by atoms with Gasteiger partial charge in [-0.05, 0) is 25.8 Å². The maximum Gasteiger partial charge on any atom is 0.216 e. The maximum atomic E-state index is 11.8.